The molecule has 1 aromatic heterocycles. The molecule has 2 aromatic rings. The zero-order valence-electron chi connectivity index (χ0n) is 10.7. The van der Waals surface area contributed by atoms with Crippen LogP contribution in [0, 0.1) is 0 Å². The highest BCUT2D eigenvalue weighted by Crippen LogP contribution is 2.14. The van der Waals surface area contributed by atoms with Crippen LogP contribution in [-0.4, -0.2) is 19.7 Å². The number of thiophene rings is 1. The van der Waals surface area contributed by atoms with E-state index in [0.717, 1.165) is 17.9 Å². The SMILES string of the molecule is COc1ccc(NC(=O)NCCc2ccsc2)cc1. The Morgan fingerprint density at radius 1 is 1.26 bits per heavy atom. The minimum Gasteiger partial charge on any atom is -0.497 e. The van der Waals surface area contributed by atoms with Crippen LogP contribution in [0.2, 0.25) is 0 Å². The van der Waals surface area contributed by atoms with Gasteiger partial charge in [-0.25, -0.2) is 4.79 Å². The first-order valence-corrected chi connectivity index (χ1v) is 6.92. The fraction of sp³-hybridized carbons (Fsp3) is 0.214. The number of urea groups is 1. The van der Waals surface area contributed by atoms with Gasteiger partial charge in [-0.3, -0.25) is 0 Å². The summed E-state index contributed by atoms with van der Waals surface area (Å²) in [6.45, 7) is 0.624. The Morgan fingerprint density at radius 3 is 2.68 bits per heavy atom. The Bertz CT molecular complexity index is 509. The van der Waals surface area contributed by atoms with Crippen molar-refractivity contribution in [2.75, 3.05) is 19.0 Å². The molecule has 0 aliphatic carbocycles. The molecule has 0 radical (unpaired) electrons. The average molecular weight is 276 g/mol. The molecule has 0 saturated carbocycles. The van der Waals surface area contributed by atoms with Gasteiger partial charge in [0.25, 0.3) is 0 Å². The molecule has 0 fully saturated rings. The first kappa shape index (κ1) is 13.4. The van der Waals surface area contributed by atoms with Crippen molar-refractivity contribution < 1.29 is 9.53 Å². The molecule has 2 N–H and O–H groups in total. The van der Waals surface area contributed by atoms with E-state index < -0.39 is 0 Å². The summed E-state index contributed by atoms with van der Waals surface area (Å²) in [6, 6.07) is 9.09. The standard InChI is InChI=1S/C14H16N2O2S/c1-18-13-4-2-12(3-5-13)16-14(17)15-8-6-11-7-9-19-10-11/h2-5,7,9-10H,6,8H2,1H3,(H2,15,16,17). The summed E-state index contributed by atoms with van der Waals surface area (Å²) in [5, 5.41) is 9.71. The van der Waals surface area contributed by atoms with E-state index in [1.165, 1.54) is 5.56 Å². The topological polar surface area (TPSA) is 50.4 Å². The van der Waals surface area contributed by atoms with Crippen molar-refractivity contribution in [3.05, 3.63) is 46.7 Å². The maximum atomic E-state index is 11.6. The molecule has 2 rings (SSSR count). The highest BCUT2D eigenvalue weighted by atomic mass is 32.1. The largest absolute Gasteiger partial charge is 0.497 e. The first-order valence-electron chi connectivity index (χ1n) is 5.98. The maximum Gasteiger partial charge on any atom is 0.319 e. The Labute approximate surface area is 116 Å². The minimum absolute atomic E-state index is 0.194. The van der Waals surface area contributed by atoms with Crippen molar-refractivity contribution in [3.8, 4) is 5.75 Å². The van der Waals surface area contributed by atoms with Gasteiger partial charge in [-0.1, -0.05) is 0 Å². The smallest absolute Gasteiger partial charge is 0.319 e. The van der Waals surface area contributed by atoms with Crippen LogP contribution < -0.4 is 15.4 Å². The molecule has 0 aliphatic rings. The van der Waals surface area contributed by atoms with E-state index in [1.807, 2.05) is 5.38 Å². The van der Waals surface area contributed by atoms with Crippen LogP contribution in [0.1, 0.15) is 5.56 Å². The van der Waals surface area contributed by atoms with Crippen LogP contribution in [-0.2, 0) is 6.42 Å². The molecule has 0 bridgehead atoms. The van der Waals surface area contributed by atoms with Crippen LogP contribution in [0.25, 0.3) is 0 Å². The molecule has 2 amide bonds. The number of carbonyl (C=O) groups excluding carboxylic acids is 1. The third kappa shape index (κ3) is 4.30. The predicted molar refractivity (Wildman–Crippen MR) is 78.0 cm³/mol. The molecular weight excluding hydrogens is 260 g/mol. The average Bonchev–Trinajstić information content (AvgIpc) is 2.93. The van der Waals surface area contributed by atoms with Crippen molar-refractivity contribution in [1.82, 2.24) is 5.32 Å². The summed E-state index contributed by atoms with van der Waals surface area (Å²) >= 11 is 1.66. The molecule has 4 nitrogen and oxygen atoms in total. The third-order valence-corrected chi connectivity index (χ3v) is 3.36. The number of ether oxygens (including phenoxy) is 1. The molecule has 0 aliphatic heterocycles. The quantitative estimate of drug-likeness (QED) is 0.881. The van der Waals surface area contributed by atoms with Gasteiger partial charge in [0.05, 0.1) is 7.11 Å². The summed E-state index contributed by atoms with van der Waals surface area (Å²) < 4.78 is 5.05. The van der Waals surface area contributed by atoms with Crippen LogP contribution in [0.3, 0.4) is 0 Å². The van der Waals surface area contributed by atoms with Crippen LogP contribution in [0.4, 0.5) is 10.5 Å². The second-order valence-electron chi connectivity index (χ2n) is 3.99. The lowest BCUT2D eigenvalue weighted by molar-refractivity contribution is 0.252. The number of benzene rings is 1. The monoisotopic (exact) mass is 276 g/mol. The highest BCUT2D eigenvalue weighted by molar-refractivity contribution is 7.07. The Balaban J connectivity index is 1.74. The lowest BCUT2D eigenvalue weighted by Gasteiger charge is -2.07. The van der Waals surface area contributed by atoms with Crippen molar-refractivity contribution in [3.63, 3.8) is 0 Å². The molecule has 1 aromatic carbocycles. The number of hydrogen-bond acceptors (Lipinski definition) is 3. The normalized spacial score (nSPS) is 9.95. The predicted octanol–water partition coefficient (Wildman–Crippen LogP) is 3.12. The third-order valence-electron chi connectivity index (χ3n) is 2.63. The number of nitrogens with one attached hydrogen (secondary N) is 2. The summed E-state index contributed by atoms with van der Waals surface area (Å²) in [6.07, 6.45) is 0.847. The highest BCUT2D eigenvalue weighted by Gasteiger charge is 2.01. The Morgan fingerprint density at radius 2 is 2.05 bits per heavy atom. The molecule has 0 spiro atoms. The zero-order chi connectivity index (χ0) is 13.5. The van der Waals surface area contributed by atoms with E-state index in [2.05, 4.69) is 22.1 Å². The van der Waals surface area contributed by atoms with Gasteiger partial charge in [0.15, 0.2) is 0 Å². The van der Waals surface area contributed by atoms with Crippen molar-refractivity contribution in [2.24, 2.45) is 0 Å². The fourth-order valence-corrected chi connectivity index (χ4v) is 2.31. The Kier molecular flexibility index (Phi) is 4.80. The summed E-state index contributed by atoms with van der Waals surface area (Å²) in [4.78, 5) is 11.6. The molecule has 0 atom stereocenters. The number of rotatable bonds is 5. The molecule has 100 valence electrons. The van der Waals surface area contributed by atoms with E-state index in [0.29, 0.717) is 6.54 Å². The van der Waals surface area contributed by atoms with Gasteiger partial charge < -0.3 is 15.4 Å². The van der Waals surface area contributed by atoms with Gasteiger partial charge in [-0.2, -0.15) is 11.3 Å². The van der Waals surface area contributed by atoms with E-state index in [1.54, 1.807) is 42.7 Å². The summed E-state index contributed by atoms with van der Waals surface area (Å²) in [7, 11) is 1.61. The molecule has 5 heteroatoms. The number of amides is 2. The van der Waals surface area contributed by atoms with Crippen molar-refractivity contribution in [2.45, 2.75) is 6.42 Å². The lowest BCUT2D eigenvalue weighted by atomic mass is 10.2. The fourth-order valence-electron chi connectivity index (χ4n) is 1.60. The van der Waals surface area contributed by atoms with Crippen LogP contribution in [0.15, 0.2) is 41.1 Å². The number of anilines is 1. The van der Waals surface area contributed by atoms with Gasteiger partial charge in [0.1, 0.15) is 5.75 Å². The van der Waals surface area contributed by atoms with Crippen LogP contribution >= 0.6 is 11.3 Å². The van der Waals surface area contributed by atoms with E-state index in [-0.39, 0.29) is 6.03 Å². The van der Waals surface area contributed by atoms with Gasteiger partial charge in [0.2, 0.25) is 0 Å². The molecule has 19 heavy (non-hydrogen) atoms. The minimum atomic E-state index is -0.194. The van der Waals surface area contributed by atoms with Gasteiger partial charge in [-0.15, -0.1) is 0 Å². The van der Waals surface area contributed by atoms with E-state index in [9.17, 15) is 4.79 Å². The maximum absolute atomic E-state index is 11.6. The van der Waals surface area contributed by atoms with Gasteiger partial charge >= 0.3 is 6.03 Å². The lowest BCUT2D eigenvalue weighted by Crippen LogP contribution is -2.30. The van der Waals surface area contributed by atoms with Crippen molar-refractivity contribution in [1.29, 1.82) is 0 Å². The van der Waals surface area contributed by atoms with Gasteiger partial charge in [0, 0.05) is 12.2 Å². The molecule has 0 unspecified atom stereocenters. The first-order chi connectivity index (χ1) is 9.28. The molecule has 1 heterocycles. The number of methoxy groups -OCH3 is 1. The Hall–Kier alpha value is -2.01. The number of carbonyl (C=O) groups is 1. The van der Waals surface area contributed by atoms with E-state index in [4.69, 9.17) is 4.74 Å². The van der Waals surface area contributed by atoms with Crippen LogP contribution in [0.5, 0.6) is 5.75 Å². The molecular formula is C14H16N2O2S. The number of hydrogen-bond donors (Lipinski definition) is 2. The molecule has 0 saturated heterocycles. The van der Waals surface area contributed by atoms with E-state index >= 15 is 0 Å². The summed E-state index contributed by atoms with van der Waals surface area (Å²) in [5.74, 6) is 0.767. The second-order valence-corrected chi connectivity index (χ2v) is 4.77. The summed E-state index contributed by atoms with van der Waals surface area (Å²) in [5.41, 5.74) is 1.99. The second kappa shape index (κ2) is 6.80. The zero-order valence-corrected chi connectivity index (χ0v) is 11.5. The van der Waals surface area contributed by atoms with Crippen molar-refractivity contribution >= 4 is 23.1 Å². The van der Waals surface area contributed by atoms with Gasteiger partial charge in [-0.05, 0) is 53.1 Å².